The lowest BCUT2D eigenvalue weighted by Gasteiger charge is -2.03. The van der Waals surface area contributed by atoms with Crippen LogP contribution in [0.3, 0.4) is 0 Å². The van der Waals surface area contributed by atoms with Crippen molar-refractivity contribution in [3.05, 3.63) is 76.7 Å². The molecule has 1 aliphatic rings. The topological polar surface area (TPSA) is 25.9 Å². The van der Waals surface area contributed by atoms with Gasteiger partial charge in [-0.1, -0.05) is 41.4 Å². The van der Waals surface area contributed by atoms with E-state index in [1.807, 2.05) is 43.3 Å². The van der Waals surface area contributed by atoms with Crippen LogP contribution < -0.4 is 4.57 Å². The van der Waals surface area contributed by atoms with E-state index < -0.39 is 0 Å². The van der Waals surface area contributed by atoms with E-state index in [1.165, 1.54) is 36.3 Å². The quantitative estimate of drug-likeness (QED) is 0.462. The number of nitrogens with zero attached hydrogens (tertiary/aromatic N) is 2. The molecule has 0 radical (unpaired) electrons. The molecule has 0 spiro atoms. The third-order valence-corrected chi connectivity index (χ3v) is 5.57. The molecule has 0 N–H and O–H groups in total. The molecule has 0 saturated heterocycles. The lowest BCUT2D eigenvalue weighted by atomic mass is 10.1. The average molecular weight is 380 g/mol. The Bertz CT molecular complexity index is 955. The Morgan fingerprint density at radius 2 is 1.78 bits per heavy atom. The van der Waals surface area contributed by atoms with Gasteiger partial charge in [-0.05, 0) is 50.5 Å². The van der Waals surface area contributed by atoms with E-state index in [2.05, 4.69) is 27.5 Å². The Morgan fingerprint density at radius 1 is 1.04 bits per heavy atom. The summed E-state index contributed by atoms with van der Waals surface area (Å²) in [5.41, 5.74) is 4.25. The highest BCUT2D eigenvalue weighted by Gasteiger charge is 2.27. The minimum Gasteiger partial charge on any atom is -0.290 e. The number of aryl methyl sites for hydroxylation is 1. The van der Waals surface area contributed by atoms with E-state index in [-0.39, 0.29) is 5.78 Å². The number of halogens is 1. The van der Waals surface area contributed by atoms with E-state index >= 15 is 0 Å². The van der Waals surface area contributed by atoms with Crippen molar-refractivity contribution in [2.75, 3.05) is 0 Å². The molecule has 4 rings (SSSR count). The van der Waals surface area contributed by atoms with Gasteiger partial charge in [0.05, 0.1) is 6.54 Å². The number of hydrogen-bond acceptors (Lipinski definition) is 1. The molecule has 0 saturated carbocycles. The summed E-state index contributed by atoms with van der Waals surface area (Å²) in [5, 5.41) is 0.740. The van der Waals surface area contributed by atoms with Crippen LogP contribution in [0.4, 0.5) is 0 Å². The van der Waals surface area contributed by atoms with Gasteiger partial charge in [-0.15, -0.1) is 0 Å². The van der Waals surface area contributed by atoms with E-state index in [1.54, 1.807) is 0 Å². The fourth-order valence-electron chi connectivity index (χ4n) is 3.82. The van der Waals surface area contributed by atoms with Gasteiger partial charge < -0.3 is 0 Å². The first-order valence-electron chi connectivity index (χ1n) is 9.59. The van der Waals surface area contributed by atoms with Gasteiger partial charge in [0.1, 0.15) is 6.20 Å². The lowest BCUT2D eigenvalue weighted by molar-refractivity contribution is -0.690. The van der Waals surface area contributed by atoms with Gasteiger partial charge >= 0.3 is 0 Å². The van der Waals surface area contributed by atoms with Crippen LogP contribution in [0.1, 0.15) is 41.0 Å². The first-order chi connectivity index (χ1) is 13.1. The van der Waals surface area contributed by atoms with Gasteiger partial charge in [0.2, 0.25) is 5.78 Å². The van der Waals surface area contributed by atoms with Crippen LogP contribution in [-0.2, 0) is 19.5 Å². The first kappa shape index (κ1) is 18.0. The molecule has 0 unspecified atom stereocenters. The molecule has 3 aromatic rings. The molecule has 1 aliphatic heterocycles. The summed E-state index contributed by atoms with van der Waals surface area (Å²) in [7, 11) is 0. The summed E-state index contributed by atoms with van der Waals surface area (Å²) < 4.78 is 4.54. The van der Waals surface area contributed by atoms with E-state index in [9.17, 15) is 4.79 Å². The third kappa shape index (κ3) is 3.84. The molecule has 2 heterocycles. The maximum absolute atomic E-state index is 12.8. The molecular weight excluding hydrogens is 356 g/mol. The van der Waals surface area contributed by atoms with Crippen molar-refractivity contribution >= 4 is 17.4 Å². The molecule has 0 fully saturated rings. The Morgan fingerprint density at radius 3 is 2.52 bits per heavy atom. The second-order valence-electron chi connectivity index (χ2n) is 7.32. The summed E-state index contributed by atoms with van der Waals surface area (Å²) in [6.07, 6.45) is 6.72. The number of benzene rings is 2. The zero-order chi connectivity index (χ0) is 18.8. The summed E-state index contributed by atoms with van der Waals surface area (Å²) in [6, 6.07) is 15.8. The van der Waals surface area contributed by atoms with Crippen molar-refractivity contribution in [1.82, 2.24) is 4.57 Å². The van der Waals surface area contributed by atoms with Crippen molar-refractivity contribution in [2.24, 2.45) is 0 Å². The predicted octanol–water partition coefficient (Wildman–Crippen LogP) is 5.01. The highest BCUT2D eigenvalue weighted by molar-refractivity contribution is 6.30. The zero-order valence-electron chi connectivity index (χ0n) is 15.6. The van der Waals surface area contributed by atoms with Gasteiger partial charge in [-0.2, -0.15) is 0 Å². The van der Waals surface area contributed by atoms with Gasteiger partial charge in [0.25, 0.3) is 5.82 Å². The first-order valence-corrected chi connectivity index (χ1v) is 9.97. The molecule has 4 heteroatoms. The van der Waals surface area contributed by atoms with Crippen LogP contribution in [0.5, 0.6) is 0 Å². The third-order valence-electron chi connectivity index (χ3n) is 5.32. The number of hydrogen-bond donors (Lipinski definition) is 0. The normalized spacial score (nSPS) is 13.9. The molecule has 0 atom stereocenters. The van der Waals surface area contributed by atoms with Crippen LogP contribution in [0.15, 0.2) is 54.7 Å². The molecule has 1 aromatic heterocycles. The van der Waals surface area contributed by atoms with Crippen LogP contribution in [0.25, 0.3) is 11.3 Å². The highest BCUT2D eigenvalue weighted by Crippen LogP contribution is 2.25. The summed E-state index contributed by atoms with van der Waals surface area (Å²) in [5.74, 6) is 1.40. The largest absolute Gasteiger partial charge is 0.290 e. The fraction of sp³-hybridized carbons (Fsp3) is 0.304. The van der Waals surface area contributed by atoms with Gasteiger partial charge in [-0.25, -0.2) is 9.13 Å². The van der Waals surface area contributed by atoms with Crippen LogP contribution in [-0.4, -0.2) is 10.4 Å². The monoisotopic (exact) mass is 379 g/mol. The molecule has 0 amide bonds. The Kier molecular flexibility index (Phi) is 5.13. The number of fused-ring (bicyclic) bond motifs is 1. The van der Waals surface area contributed by atoms with Crippen LogP contribution in [0.2, 0.25) is 5.02 Å². The molecule has 27 heavy (non-hydrogen) atoms. The molecular formula is C23H24ClN2O+. The van der Waals surface area contributed by atoms with Gasteiger partial charge in [-0.3, -0.25) is 4.79 Å². The van der Waals surface area contributed by atoms with E-state index in [0.717, 1.165) is 29.1 Å². The number of rotatable bonds is 4. The minimum absolute atomic E-state index is 0.153. The molecule has 3 nitrogen and oxygen atoms in total. The summed E-state index contributed by atoms with van der Waals surface area (Å²) >= 11 is 6.06. The number of aromatic nitrogens is 2. The number of imidazole rings is 1. The second-order valence-corrected chi connectivity index (χ2v) is 7.75. The fourth-order valence-corrected chi connectivity index (χ4v) is 3.94. The number of carbonyl (C=O) groups excluding carboxylic acids is 1. The molecule has 0 aliphatic carbocycles. The maximum atomic E-state index is 12.8. The van der Waals surface area contributed by atoms with Crippen molar-refractivity contribution < 1.29 is 9.36 Å². The minimum atomic E-state index is 0.153. The number of Topliss-reactive ketones (excluding diaryl/α,β-unsaturated/α-hetero) is 1. The van der Waals surface area contributed by atoms with Crippen molar-refractivity contribution in [3.8, 4) is 11.3 Å². The maximum Gasteiger partial charge on any atom is 0.257 e. The van der Waals surface area contributed by atoms with Crippen LogP contribution >= 0.6 is 11.6 Å². The second kappa shape index (κ2) is 7.69. The van der Waals surface area contributed by atoms with E-state index in [0.29, 0.717) is 6.54 Å². The van der Waals surface area contributed by atoms with E-state index in [4.69, 9.17) is 11.6 Å². The van der Waals surface area contributed by atoms with Crippen molar-refractivity contribution in [2.45, 2.75) is 45.7 Å². The highest BCUT2D eigenvalue weighted by atomic mass is 35.5. The molecule has 2 aromatic carbocycles. The standard InChI is InChI=1S/C23H24ClN2O/c1-17-6-8-19(9-7-17)22(27)16-25-15-21(18-10-12-20(24)13-11-18)26-14-4-2-3-5-23(25)26/h6-13,15H,2-5,14,16H2,1H3/q+1. The van der Waals surface area contributed by atoms with Crippen LogP contribution in [0, 0.1) is 6.92 Å². The molecule has 138 valence electrons. The smallest absolute Gasteiger partial charge is 0.257 e. The predicted molar refractivity (Wildman–Crippen MR) is 108 cm³/mol. The average Bonchev–Trinajstić information content (AvgIpc) is 2.84. The van der Waals surface area contributed by atoms with Gasteiger partial charge in [0, 0.05) is 22.6 Å². The van der Waals surface area contributed by atoms with Crippen molar-refractivity contribution in [3.63, 3.8) is 0 Å². The molecule has 0 bridgehead atoms. The summed E-state index contributed by atoms with van der Waals surface area (Å²) in [4.78, 5) is 12.8. The summed E-state index contributed by atoms with van der Waals surface area (Å²) in [6.45, 7) is 3.42. The van der Waals surface area contributed by atoms with Gasteiger partial charge in [0.15, 0.2) is 12.2 Å². The number of ketones is 1. The van der Waals surface area contributed by atoms with Crippen molar-refractivity contribution in [1.29, 1.82) is 0 Å². The zero-order valence-corrected chi connectivity index (χ0v) is 16.4. The Labute approximate surface area is 165 Å². The SMILES string of the molecule is Cc1ccc(C(=O)C[n+]2cc(-c3ccc(Cl)cc3)n3c2CCCCC3)cc1. The lowest BCUT2D eigenvalue weighted by Crippen LogP contribution is -2.40. The Hall–Kier alpha value is -2.39. The number of carbonyl (C=O) groups is 1. The Balaban J connectivity index is 1.71.